The molecule has 122 valence electrons. The normalized spacial score (nSPS) is 22.9. The van der Waals surface area contributed by atoms with Crippen molar-refractivity contribution in [2.45, 2.75) is 31.4 Å². The van der Waals surface area contributed by atoms with Gasteiger partial charge in [-0.05, 0) is 25.1 Å². The van der Waals surface area contributed by atoms with Crippen molar-refractivity contribution >= 4 is 17.5 Å². The van der Waals surface area contributed by atoms with Crippen LogP contribution in [0, 0.1) is 0 Å². The second-order valence-corrected chi connectivity index (χ2v) is 4.73. The molecule has 2 atom stereocenters. The van der Waals surface area contributed by atoms with Crippen LogP contribution in [0.4, 0.5) is 42.5 Å². The van der Waals surface area contributed by atoms with Crippen LogP contribution in [0.15, 0.2) is 18.2 Å². The van der Waals surface area contributed by atoms with Gasteiger partial charge in [-0.15, -0.1) is 0 Å². The Labute approximate surface area is 120 Å². The summed E-state index contributed by atoms with van der Waals surface area (Å²) in [6, 6.07) is 0.573. The molecule has 1 aliphatic heterocycles. The Kier molecular flexibility index (Phi) is 3.66. The lowest BCUT2D eigenvalue weighted by Gasteiger charge is -2.23. The molecule has 0 spiro atoms. The van der Waals surface area contributed by atoms with Crippen molar-refractivity contribution in [3.05, 3.63) is 23.8 Å². The van der Waals surface area contributed by atoms with Crippen molar-refractivity contribution in [2.24, 2.45) is 0 Å². The third kappa shape index (κ3) is 2.77. The highest BCUT2D eigenvalue weighted by Crippen LogP contribution is 2.39. The summed E-state index contributed by atoms with van der Waals surface area (Å²) in [5.74, 6) is 0. The van der Waals surface area contributed by atoms with E-state index in [4.69, 9.17) is 5.73 Å². The number of halogens is 6. The van der Waals surface area contributed by atoms with Gasteiger partial charge in [-0.25, -0.2) is 4.79 Å². The summed E-state index contributed by atoms with van der Waals surface area (Å²) in [5, 5.41) is 0. The lowest BCUT2D eigenvalue weighted by molar-refractivity contribution is -0.198. The molecule has 4 nitrogen and oxygen atoms in total. The third-order valence-electron chi connectivity index (χ3n) is 3.21. The number of carbonyl (C=O) groups is 1. The molecule has 1 aromatic rings. The molecule has 0 aliphatic carbocycles. The van der Waals surface area contributed by atoms with Crippen molar-refractivity contribution in [3.63, 3.8) is 0 Å². The molecule has 0 saturated carbocycles. The zero-order valence-corrected chi connectivity index (χ0v) is 11.0. The van der Waals surface area contributed by atoms with Crippen LogP contribution >= 0.6 is 0 Å². The molecule has 1 fully saturated rings. The van der Waals surface area contributed by atoms with E-state index in [1.165, 1.54) is 0 Å². The monoisotopic (exact) mass is 328 g/mol. The van der Waals surface area contributed by atoms with E-state index in [1.54, 1.807) is 0 Å². The summed E-state index contributed by atoms with van der Waals surface area (Å²) in [7, 11) is 0. The quantitative estimate of drug-likeness (QED) is 0.633. The van der Waals surface area contributed by atoms with Crippen LogP contribution in [0.3, 0.4) is 0 Å². The Balaban J connectivity index is 2.38. The average molecular weight is 328 g/mol. The maximum atomic E-state index is 12.7. The summed E-state index contributed by atoms with van der Waals surface area (Å²) < 4.78 is 80.0. The van der Waals surface area contributed by atoms with Gasteiger partial charge in [0, 0.05) is 0 Å². The molecule has 2 N–H and O–H groups in total. The van der Waals surface area contributed by atoms with Crippen molar-refractivity contribution in [1.29, 1.82) is 0 Å². The summed E-state index contributed by atoms with van der Waals surface area (Å²) in [4.78, 5) is 12.2. The molecule has 1 saturated heterocycles. The maximum Gasteiger partial charge on any atom is 0.427 e. The third-order valence-corrected chi connectivity index (χ3v) is 3.21. The number of alkyl halides is 6. The van der Waals surface area contributed by atoms with Crippen molar-refractivity contribution < 1.29 is 35.9 Å². The van der Waals surface area contributed by atoms with Gasteiger partial charge in [-0.2, -0.15) is 26.3 Å². The van der Waals surface area contributed by atoms with Crippen LogP contribution < -0.4 is 10.6 Å². The van der Waals surface area contributed by atoms with E-state index in [0.29, 0.717) is 17.0 Å². The molecule has 2 rings (SSSR count). The Bertz CT molecular complexity index is 598. The highest BCUT2D eigenvalue weighted by molar-refractivity contribution is 5.94. The van der Waals surface area contributed by atoms with Crippen LogP contribution in [-0.4, -0.2) is 24.4 Å². The Morgan fingerprint density at radius 3 is 2.18 bits per heavy atom. The summed E-state index contributed by atoms with van der Waals surface area (Å²) in [5.41, 5.74) is 3.64. The zero-order valence-electron chi connectivity index (χ0n) is 11.0. The molecule has 1 amide bonds. The zero-order chi connectivity index (χ0) is 16.9. The smallest absolute Gasteiger partial charge is 0.427 e. The number of anilines is 2. The lowest BCUT2D eigenvalue weighted by Crippen LogP contribution is -2.41. The van der Waals surface area contributed by atoms with Crippen LogP contribution in [-0.2, 0) is 10.9 Å². The summed E-state index contributed by atoms with van der Waals surface area (Å²) >= 11 is 0. The van der Waals surface area contributed by atoms with Crippen LogP contribution in [0.25, 0.3) is 0 Å². The van der Waals surface area contributed by atoms with Crippen molar-refractivity contribution in [3.8, 4) is 0 Å². The minimum absolute atomic E-state index is 0.266. The predicted octanol–water partition coefficient (Wildman–Crippen LogP) is 3.56. The van der Waals surface area contributed by atoms with Crippen LogP contribution in [0.2, 0.25) is 0 Å². The molecule has 1 aromatic carbocycles. The van der Waals surface area contributed by atoms with Gasteiger partial charge in [-0.1, -0.05) is 0 Å². The van der Waals surface area contributed by atoms with Gasteiger partial charge in [0.05, 0.1) is 23.0 Å². The highest BCUT2D eigenvalue weighted by Gasteiger charge is 2.55. The second-order valence-electron chi connectivity index (χ2n) is 4.73. The Morgan fingerprint density at radius 2 is 1.77 bits per heavy atom. The van der Waals surface area contributed by atoms with Gasteiger partial charge in [0.25, 0.3) is 0 Å². The summed E-state index contributed by atoms with van der Waals surface area (Å²) in [6.45, 7) is 1.07. The number of hydrogen-bond acceptors (Lipinski definition) is 3. The number of nitrogens with zero attached hydrogens (tertiary/aromatic N) is 1. The Hall–Kier alpha value is -2.13. The minimum atomic E-state index is -4.79. The molecule has 0 radical (unpaired) electrons. The van der Waals surface area contributed by atoms with E-state index in [-0.39, 0.29) is 5.69 Å². The standard InChI is InChI=1S/C12H10F6N2O2/c1-5-9(12(16,17)18)22-10(21)20(5)8-3-2-6(4-7(8)19)11(13,14)15/h2-5,9H,19H2,1H3/t5-,9+/m0/s1. The number of carbonyl (C=O) groups excluding carboxylic acids is 1. The van der Waals surface area contributed by atoms with E-state index >= 15 is 0 Å². The Morgan fingerprint density at radius 1 is 1.18 bits per heavy atom. The first-order valence-electron chi connectivity index (χ1n) is 5.96. The first-order valence-corrected chi connectivity index (χ1v) is 5.96. The number of cyclic esters (lactones) is 1. The SMILES string of the molecule is C[C@H]1[C@H](C(F)(F)F)OC(=O)N1c1ccc(C(F)(F)F)cc1N. The van der Waals surface area contributed by atoms with Gasteiger partial charge >= 0.3 is 18.4 Å². The fourth-order valence-electron chi connectivity index (χ4n) is 2.17. The number of amides is 1. The number of nitrogen functional groups attached to an aromatic ring is 1. The van der Waals surface area contributed by atoms with E-state index in [1.807, 2.05) is 0 Å². The highest BCUT2D eigenvalue weighted by atomic mass is 19.4. The van der Waals surface area contributed by atoms with Crippen molar-refractivity contribution in [1.82, 2.24) is 0 Å². The molecule has 0 unspecified atom stereocenters. The summed E-state index contributed by atoms with van der Waals surface area (Å²) in [6.07, 6.45) is -13.1. The first-order chi connectivity index (χ1) is 9.93. The maximum absolute atomic E-state index is 12.7. The fraction of sp³-hybridized carbons (Fsp3) is 0.417. The van der Waals surface area contributed by atoms with E-state index in [9.17, 15) is 31.1 Å². The lowest BCUT2D eigenvalue weighted by atomic mass is 10.1. The van der Waals surface area contributed by atoms with Crippen molar-refractivity contribution in [2.75, 3.05) is 10.6 Å². The van der Waals surface area contributed by atoms with Gasteiger partial charge in [-0.3, -0.25) is 4.90 Å². The largest absolute Gasteiger partial charge is 0.434 e. The predicted molar refractivity (Wildman–Crippen MR) is 64.1 cm³/mol. The number of hydrogen-bond donors (Lipinski definition) is 1. The number of ether oxygens (including phenoxy) is 1. The number of nitrogens with two attached hydrogens (primary N) is 1. The van der Waals surface area contributed by atoms with Gasteiger partial charge in [0.2, 0.25) is 6.10 Å². The number of rotatable bonds is 1. The van der Waals surface area contributed by atoms with Gasteiger partial charge < -0.3 is 10.5 Å². The van der Waals surface area contributed by atoms with E-state index in [2.05, 4.69) is 4.74 Å². The van der Waals surface area contributed by atoms with Crippen LogP contribution in [0.1, 0.15) is 12.5 Å². The molecule has 10 heteroatoms. The fourth-order valence-corrected chi connectivity index (χ4v) is 2.17. The minimum Gasteiger partial charge on any atom is -0.434 e. The molecule has 1 heterocycles. The topological polar surface area (TPSA) is 55.6 Å². The van der Waals surface area contributed by atoms with Crippen LogP contribution in [0.5, 0.6) is 0 Å². The van der Waals surface area contributed by atoms with Gasteiger partial charge in [0.15, 0.2) is 0 Å². The molecule has 1 aliphatic rings. The number of benzene rings is 1. The van der Waals surface area contributed by atoms with E-state index < -0.39 is 41.8 Å². The first kappa shape index (κ1) is 16.2. The molecule has 0 bridgehead atoms. The molecule has 0 aromatic heterocycles. The second kappa shape index (κ2) is 4.96. The molecular formula is C12H10F6N2O2. The van der Waals surface area contributed by atoms with E-state index in [0.717, 1.165) is 13.0 Å². The van der Waals surface area contributed by atoms with Gasteiger partial charge in [0.1, 0.15) is 0 Å². The molecular weight excluding hydrogens is 318 g/mol. The molecule has 22 heavy (non-hydrogen) atoms. The average Bonchev–Trinajstić information content (AvgIpc) is 2.64.